The highest BCUT2D eigenvalue weighted by Gasteiger charge is 2.05. The molecule has 1 aromatic heterocycles. The standard InChI is InChI=1S/C13H13F2NO/c1-9(17)11-2-3-16(8-11)7-10-4-12(14)6-13(15)5-10/h2-6,8-9,17H,7H2,1H3. The predicted molar refractivity (Wildman–Crippen MR) is 60.5 cm³/mol. The first-order valence-corrected chi connectivity index (χ1v) is 5.33. The third kappa shape index (κ3) is 2.91. The summed E-state index contributed by atoms with van der Waals surface area (Å²) in [5.74, 6) is -1.16. The number of hydrogen-bond acceptors (Lipinski definition) is 1. The molecule has 0 radical (unpaired) electrons. The van der Waals surface area contributed by atoms with E-state index in [9.17, 15) is 13.9 Å². The van der Waals surface area contributed by atoms with Gasteiger partial charge in [-0.15, -0.1) is 0 Å². The average molecular weight is 237 g/mol. The van der Waals surface area contributed by atoms with Gasteiger partial charge >= 0.3 is 0 Å². The Morgan fingerprint density at radius 3 is 2.41 bits per heavy atom. The number of rotatable bonds is 3. The Bertz CT molecular complexity index is 500. The maximum Gasteiger partial charge on any atom is 0.126 e. The Kier molecular flexibility index (Phi) is 3.24. The average Bonchev–Trinajstić information content (AvgIpc) is 2.64. The molecule has 0 bridgehead atoms. The summed E-state index contributed by atoms with van der Waals surface area (Å²) in [6.07, 6.45) is 2.98. The molecular formula is C13H13F2NO. The van der Waals surface area contributed by atoms with Crippen LogP contribution in [0.4, 0.5) is 8.78 Å². The van der Waals surface area contributed by atoms with Crippen molar-refractivity contribution < 1.29 is 13.9 Å². The molecule has 2 aromatic rings. The smallest absolute Gasteiger partial charge is 0.126 e. The van der Waals surface area contributed by atoms with Crippen molar-refractivity contribution in [3.05, 3.63) is 59.4 Å². The number of aromatic nitrogens is 1. The van der Waals surface area contributed by atoms with Crippen molar-refractivity contribution >= 4 is 0 Å². The second-order valence-corrected chi connectivity index (χ2v) is 4.07. The molecule has 2 rings (SSSR count). The minimum absolute atomic E-state index is 0.376. The molecule has 0 saturated heterocycles. The van der Waals surface area contributed by atoms with Gasteiger partial charge in [-0.05, 0) is 36.2 Å². The molecule has 1 aromatic carbocycles. The highest BCUT2D eigenvalue weighted by Crippen LogP contribution is 2.14. The summed E-state index contributed by atoms with van der Waals surface area (Å²) in [7, 11) is 0. The van der Waals surface area contributed by atoms with E-state index in [0.29, 0.717) is 12.1 Å². The number of halogens is 2. The van der Waals surface area contributed by atoms with Crippen molar-refractivity contribution in [3.8, 4) is 0 Å². The van der Waals surface area contributed by atoms with Gasteiger partial charge in [-0.1, -0.05) is 0 Å². The molecule has 4 heteroatoms. The molecule has 0 aliphatic heterocycles. The quantitative estimate of drug-likeness (QED) is 0.872. The van der Waals surface area contributed by atoms with Crippen LogP contribution in [0.3, 0.4) is 0 Å². The monoisotopic (exact) mass is 237 g/mol. The highest BCUT2D eigenvalue weighted by atomic mass is 19.1. The van der Waals surface area contributed by atoms with Gasteiger partial charge in [0.2, 0.25) is 0 Å². The fourth-order valence-electron chi connectivity index (χ4n) is 1.72. The lowest BCUT2D eigenvalue weighted by Crippen LogP contribution is -1.98. The fourth-order valence-corrected chi connectivity index (χ4v) is 1.72. The summed E-state index contributed by atoms with van der Waals surface area (Å²) >= 11 is 0. The van der Waals surface area contributed by atoms with E-state index in [1.165, 1.54) is 12.1 Å². The van der Waals surface area contributed by atoms with E-state index >= 15 is 0 Å². The largest absolute Gasteiger partial charge is 0.389 e. The van der Waals surface area contributed by atoms with Gasteiger partial charge in [0.15, 0.2) is 0 Å². The normalized spacial score (nSPS) is 12.7. The molecule has 1 atom stereocenters. The Balaban J connectivity index is 2.19. The van der Waals surface area contributed by atoms with Crippen molar-refractivity contribution in [2.75, 3.05) is 0 Å². The molecule has 0 amide bonds. The molecule has 1 unspecified atom stereocenters. The van der Waals surface area contributed by atoms with E-state index < -0.39 is 17.7 Å². The van der Waals surface area contributed by atoms with Crippen LogP contribution in [0.5, 0.6) is 0 Å². The predicted octanol–water partition coefficient (Wildman–Crippen LogP) is 2.87. The Morgan fingerprint density at radius 1 is 1.24 bits per heavy atom. The SMILES string of the molecule is CC(O)c1ccn(Cc2cc(F)cc(F)c2)c1. The third-order valence-corrected chi connectivity index (χ3v) is 2.54. The molecule has 0 aliphatic carbocycles. The summed E-state index contributed by atoms with van der Waals surface area (Å²) in [6.45, 7) is 2.04. The van der Waals surface area contributed by atoms with E-state index in [2.05, 4.69) is 0 Å². The molecule has 90 valence electrons. The number of aliphatic hydroxyl groups excluding tert-OH is 1. The first-order valence-electron chi connectivity index (χ1n) is 5.33. The highest BCUT2D eigenvalue weighted by molar-refractivity contribution is 5.20. The lowest BCUT2D eigenvalue weighted by Gasteiger charge is -2.04. The number of benzene rings is 1. The lowest BCUT2D eigenvalue weighted by atomic mass is 10.2. The van der Waals surface area contributed by atoms with Gasteiger partial charge in [-0.25, -0.2) is 8.78 Å². The van der Waals surface area contributed by atoms with E-state index in [0.717, 1.165) is 11.6 Å². The summed E-state index contributed by atoms with van der Waals surface area (Å²) in [6, 6.07) is 5.22. The molecule has 0 fully saturated rings. The van der Waals surface area contributed by atoms with E-state index in [1.807, 2.05) is 0 Å². The number of nitrogens with zero attached hydrogens (tertiary/aromatic N) is 1. The molecule has 0 spiro atoms. The van der Waals surface area contributed by atoms with E-state index in [4.69, 9.17) is 0 Å². The van der Waals surface area contributed by atoms with Crippen LogP contribution in [0.1, 0.15) is 24.2 Å². The van der Waals surface area contributed by atoms with Crippen LogP contribution in [0.15, 0.2) is 36.7 Å². The Morgan fingerprint density at radius 2 is 1.88 bits per heavy atom. The van der Waals surface area contributed by atoms with Crippen LogP contribution < -0.4 is 0 Å². The number of hydrogen-bond donors (Lipinski definition) is 1. The Hall–Kier alpha value is -1.68. The van der Waals surface area contributed by atoms with Gasteiger partial charge in [0.25, 0.3) is 0 Å². The van der Waals surface area contributed by atoms with Gasteiger partial charge in [0.05, 0.1) is 6.10 Å². The summed E-state index contributed by atoms with van der Waals surface area (Å²) in [5.41, 5.74) is 1.33. The van der Waals surface area contributed by atoms with Gasteiger partial charge < -0.3 is 9.67 Å². The maximum atomic E-state index is 13.0. The van der Waals surface area contributed by atoms with Gasteiger partial charge in [-0.3, -0.25) is 0 Å². The van der Waals surface area contributed by atoms with Crippen molar-refractivity contribution in [2.45, 2.75) is 19.6 Å². The summed E-state index contributed by atoms with van der Waals surface area (Å²) in [5, 5.41) is 9.36. The zero-order valence-corrected chi connectivity index (χ0v) is 9.40. The molecular weight excluding hydrogens is 224 g/mol. The summed E-state index contributed by atoms with van der Waals surface area (Å²) < 4.78 is 27.7. The Labute approximate surface area is 98.1 Å². The van der Waals surface area contributed by atoms with Gasteiger partial charge in [-0.2, -0.15) is 0 Å². The zero-order chi connectivity index (χ0) is 12.4. The van der Waals surface area contributed by atoms with Crippen LogP contribution in [0.25, 0.3) is 0 Å². The first kappa shape index (κ1) is 11.8. The van der Waals surface area contributed by atoms with Crippen molar-refractivity contribution in [1.29, 1.82) is 0 Å². The van der Waals surface area contributed by atoms with Crippen LogP contribution in [-0.2, 0) is 6.54 Å². The van der Waals surface area contributed by atoms with E-state index in [-0.39, 0.29) is 0 Å². The minimum atomic E-state index is -0.581. The molecule has 0 aliphatic rings. The second-order valence-electron chi connectivity index (χ2n) is 4.07. The topological polar surface area (TPSA) is 25.2 Å². The van der Waals surface area contributed by atoms with Crippen LogP contribution in [0.2, 0.25) is 0 Å². The van der Waals surface area contributed by atoms with Gasteiger partial charge in [0.1, 0.15) is 11.6 Å². The fraction of sp³-hybridized carbons (Fsp3) is 0.231. The van der Waals surface area contributed by atoms with Crippen LogP contribution >= 0.6 is 0 Å². The molecule has 0 saturated carbocycles. The lowest BCUT2D eigenvalue weighted by molar-refractivity contribution is 0.199. The molecule has 1 heterocycles. The van der Waals surface area contributed by atoms with Crippen molar-refractivity contribution in [3.63, 3.8) is 0 Å². The maximum absolute atomic E-state index is 13.0. The van der Waals surface area contributed by atoms with Gasteiger partial charge in [0, 0.05) is 25.0 Å². The molecule has 2 nitrogen and oxygen atoms in total. The number of aliphatic hydroxyl groups is 1. The third-order valence-electron chi connectivity index (χ3n) is 2.54. The second kappa shape index (κ2) is 4.67. The van der Waals surface area contributed by atoms with Crippen LogP contribution in [-0.4, -0.2) is 9.67 Å². The molecule has 17 heavy (non-hydrogen) atoms. The van der Waals surface area contributed by atoms with Crippen molar-refractivity contribution in [1.82, 2.24) is 4.57 Å². The molecule has 1 N–H and O–H groups in total. The van der Waals surface area contributed by atoms with E-state index in [1.54, 1.807) is 30.0 Å². The van der Waals surface area contributed by atoms with Crippen molar-refractivity contribution in [2.24, 2.45) is 0 Å². The summed E-state index contributed by atoms with van der Waals surface area (Å²) in [4.78, 5) is 0. The van der Waals surface area contributed by atoms with Crippen LogP contribution in [0, 0.1) is 11.6 Å². The minimum Gasteiger partial charge on any atom is -0.389 e. The first-order chi connectivity index (χ1) is 8.04. The zero-order valence-electron chi connectivity index (χ0n) is 9.40.